The number of hydrogen-bond donors (Lipinski definition) is 1. The quantitative estimate of drug-likeness (QED) is 0.862. The summed E-state index contributed by atoms with van der Waals surface area (Å²) in [5, 5.41) is 0.648. The molecule has 0 radical (unpaired) electrons. The Morgan fingerprint density at radius 3 is 3.10 bits per heavy atom. The number of hydrogen-bond acceptors (Lipinski definition) is 4. The zero-order chi connectivity index (χ0) is 13.9. The third-order valence-electron chi connectivity index (χ3n) is 3.34. The molecule has 2 aromatic rings. The van der Waals surface area contributed by atoms with Crippen LogP contribution in [0.15, 0.2) is 18.2 Å². The van der Waals surface area contributed by atoms with E-state index >= 15 is 0 Å². The van der Waals surface area contributed by atoms with Crippen LogP contribution in [0.1, 0.15) is 6.92 Å². The Balaban J connectivity index is 1.96. The molecule has 1 aliphatic heterocycles. The van der Waals surface area contributed by atoms with E-state index in [2.05, 4.69) is 27.4 Å². The van der Waals surface area contributed by atoms with Gasteiger partial charge in [-0.3, -0.25) is 0 Å². The fraction of sp³-hybridized carbons (Fsp3) is 0.500. The van der Waals surface area contributed by atoms with Gasteiger partial charge >= 0.3 is 0 Å². The lowest BCUT2D eigenvalue weighted by Gasteiger charge is -2.21. The first kappa shape index (κ1) is 14.4. The van der Waals surface area contributed by atoms with Crippen LogP contribution in [0, 0.1) is 4.77 Å². The van der Waals surface area contributed by atoms with Crippen LogP contribution < -0.4 is 4.74 Å². The van der Waals surface area contributed by atoms with Gasteiger partial charge in [-0.15, -0.1) is 0 Å². The van der Waals surface area contributed by atoms with Crippen molar-refractivity contribution in [1.29, 1.82) is 0 Å². The lowest BCUT2D eigenvalue weighted by Crippen LogP contribution is -2.20. The maximum absolute atomic E-state index is 5.68. The van der Waals surface area contributed by atoms with Gasteiger partial charge in [0.05, 0.1) is 12.1 Å². The molecule has 1 atom stereocenters. The van der Waals surface area contributed by atoms with Crippen molar-refractivity contribution in [2.75, 3.05) is 23.9 Å². The lowest BCUT2D eigenvalue weighted by atomic mass is 10.3. The van der Waals surface area contributed by atoms with Crippen LogP contribution in [0.5, 0.6) is 5.75 Å². The summed E-state index contributed by atoms with van der Waals surface area (Å²) in [4.78, 5) is 3.31. The summed E-state index contributed by atoms with van der Waals surface area (Å²) in [6.07, 6.45) is 0. The van der Waals surface area contributed by atoms with Gasteiger partial charge in [0.2, 0.25) is 0 Å². The van der Waals surface area contributed by atoms with E-state index in [1.165, 1.54) is 17.3 Å². The predicted molar refractivity (Wildman–Crippen MR) is 91.9 cm³/mol. The van der Waals surface area contributed by atoms with E-state index in [9.17, 15) is 0 Å². The van der Waals surface area contributed by atoms with Gasteiger partial charge in [0, 0.05) is 29.1 Å². The van der Waals surface area contributed by atoms with E-state index in [-0.39, 0.29) is 0 Å². The van der Waals surface area contributed by atoms with E-state index in [0.29, 0.717) is 11.9 Å². The summed E-state index contributed by atoms with van der Waals surface area (Å²) >= 11 is 9.61. The Hall–Kier alpha value is -0.590. The van der Waals surface area contributed by atoms with Gasteiger partial charge < -0.3 is 14.3 Å². The number of nitrogens with one attached hydrogen (secondary N) is 1. The van der Waals surface area contributed by atoms with E-state index in [1.807, 2.05) is 30.8 Å². The molecule has 20 heavy (non-hydrogen) atoms. The summed E-state index contributed by atoms with van der Waals surface area (Å²) in [7, 11) is 0. The van der Waals surface area contributed by atoms with E-state index in [4.69, 9.17) is 17.0 Å². The Bertz CT molecular complexity index is 643. The topological polar surface area (TPSA) is 29.9 Å². The van der Waals surface area contributed by atoms with Gasteiger partial charge in [0.15, 0.2) is 4.77 Å². The van der Waals surface area contributed by atoms with Crippen LogP contribution in [0.2, 0.25) is 0 Å². The van der Waals surface area contributed by atoms with Crippen LogP contribution in [0.4, 0.5) is 0 Å². The molecule has 1 aromatic carbocycles. The van der Waals surface area contributed by atoms with Crippen molar-refractivity contribution in [2.24, 2.45) is 0 Å². The number of aromatic nitrogens is 2. The lowest BCUT2D eigenvalue weighted by molar-refractivity contribution is 0.343. The average Bonchev–Trinajstić information content (AvgIpc) is 2.78. The Labute approximate surface area is 132 Å². The number of imidazole rings is 1. The van der Waals surface area contributed by atoms with Crippen LogP contribution in [0.25, 0.3) is 11.0 Å². The van der Waals surface area contributed by atoms with Gasteiger partial charge in [-0.05, 0) is 31.3 Å². The molecular formula is C14H18N2OS3. The molecule has 6 heteroatoms. The van der Waals surface area contributed by atoms with Crippen molar-refractivity contribution in [3.63, 3.8) is 0 Å². The van der Waals surface area contributed by atoms with Crippen molar-refractivity contribution in [2.45, 2.75) is 18.7 Å². The predicted octanol–water partition coefficient (Wildman–Crippen LogP) is 3.95. The van der Waals surface area contributed by atoms with E-state index in [1.54, 1.807) is 0 Å². The minimum atomic E-state index is 0.648. The standard InChI is InChI=1S/C14H18N2OS3/c1-2-17-12-5-3-4-11-13(12)15-14(18)16(11)8-10-9-19-6-7-20-10/h3-5,10H,2,6-9H2,1H3,(H,15,18). The molecule has 2 heterocycles. The van der Waals surface area contributed by atoms with Crippen molar-refractivity contribution >= 4 is 46.8 Å². The van der Waals surface area contributed by atoms with E-state index in [0.717, 1.165) is 28.1 Å². The van der Waals surface area contributed by atoms with Crippen molar-refractivity contribution < 1.29 is 4.74 Å². The summed E-state index contributed by atoms with van der Waals surface area (Å²) in [6.45, 7) is 3.65. The molecule has 3 rings (SSSR count). The van der Waals surface area contributed by atoms with Crippen molar-refractivity contribution in [3.8, 4) is 5.75 Å². The van der Waals surface area contributed by atoms with Crippen molar-refractivity contribution in [1.82, 2.24) is 9.55 Å². The van der Waals surface area contributed by atoms with Crippen LogP contribution in [-0.4, -0.2) is 38.7 Å². The highest BCUT2D eigenvalue weighted by Gasteiger charge is 2.17. The first-order valence-corrected chi connectivity index (χ1v) is 9.44. The molecule has 1 unspecified atom stereocenters. The normalized spacial score (nSPS) is 19.4. The highest BCUT2D eigenvalue weighted by atomic mass is 32.2. The average molecular weight is 327 g/mol. The minimum absolute atomic E-state index is 0.648. The van der Waals surface area contributed by atoms with Crippen LogP contribution >= 0.6 is 35.7 Å². The molecule has 3 nitrogen and oxygen atoms in total. The third kappa shape index (κ3) is 2.87. The maximum atomic E-state index is 5.68. The zero-order valence-electron chi connectivity index (χ0n) is 11.4. The molecule has 0 aliphatic carbocycles. The first-order valence-electron chi connectivity index (χ1n) is 6.83. The van der Waals surface area contributed by atoms with Gasteiger partial charge in [-0.1, -0.05) is 6.07 Å². The van der Waals surface area contributed by atoms with E-state index < -0.39 is 0 Å². The smallest absolute Gasteiger partial charge is 0.178 e. The number of thioether (sulfide) groups is 2. The number of aromatic amines is 1. The second-order valence-electron chi connectivity index (χ2n) is 4.69. The molecule has 0 spiro atoms. The summed E-state index contributed by atoms with van der Waals surface area (Å²) < 4.78 is 8.69. The number of fused-ring (bicyclic) bond motifs is 1. The fourth-order valence-electron chi connectivity index (χ4n) is 2.46. The van der Waals surface area contributed by atoms with Crippen molar-refractivity contribution in [3.05, 3.63) is 23.0 Å². The number of ether oxygens (including phenoxy) is 1. The zero-order valence-corrected chi connectivity index (χ0v) is 13.9. The third-order valence-corrected chi connectivity index (χ3v) is 6.49. The molecule has 0 bridgehead atoms. The SMILES string of the molecule is CCOc1cccc2c1[nH]c(=S)n2CC1CSCCS1. The largest absolute Gasteiger partial charge is 0.492 e. The van der Waals surface area contributed by atoms with Gasteiger partial charge in [-0.25, -0.2) is 0 Å². The molecular weight excluding hydrogens is 308 g/mol. The molecule has 0 saturated carbocycles. The van der Waals surface area contributed by atoms with Gasteiger partial charge in [-0.2, -0.15) is 23.5 Å². The van der Waals surface area contributed by atoms with Gasteiger partial charge in [0.1, 0.15) is 11.3 Å². The van der Waals surface area contributed by atoms with Gasteiger partial charge in [0.25, 0.3) is 0 Å². The molecule has 1 saturated heterocycles. The number of H-pyrrole nitrogens is 1. The monoisotopic (exact) mass is 326 g/mol. The number of rotatable bonds is 4. The summed E-state index contributed by atoms with van der Waals surface area (Å²) in [6, 6.07) is 6.15. The number of nitrogens with zero attached hydrogens (tertiary/aromatic N) is 1. The Kier molecular flexibility index (Phi) is 4.63. The second kappa shape index (κ2) is 6.45. The fourth-order valence-corrected chi connectivity index (χ4v) is 5.38. The first-order chi connectivity index (χ1) is 9.79. The van der Waals surface area contributed by atoms with Crippen LogP contribution in [0.3, 0.4) is 0 Å². The second-order valence-corrected chi connectivity index (χ2v) is 7.64. The summed E-state index contributed by atoms with van der Waals surface area (Å²) in [5.41, 5.74) is 2.17. The molecule has 1 N–H and O–H groups in total. The maximum Gasteiger partial charge on any atom is 0.178 e. The molecule has 1 aliphatic rings. The summed E-state index contributed by atoms with van der Waals surface area (Å²) in [5.74, 6) is 4.62. The number of para-hydroxylation sites is 1. The Morgan fingerprint density at radius 1 is 1.45 bits per heavy atom. The highest BCUT2D eigenvalue weighted by molar-refractivity contribution is 8.06. The van der Waals surface area contributed by atoms with Crippen LogP contribution in [-0.2, 0) is 6.54 Å². The minimum Gasteiger partial charge on any atom is -0.492 e. The molecule has 108 valence electrons. The Morgan fingerprint density at radius 2 is 2.35 bits per heavy atom. The number of benzene rings is 1. The molecule has 1 fully saturated rings. The molecule has 0 amide bonds. The molecule has 1 aromatic heterocycles. The highest BCUT2D eigenvalue weighted by Crippen LogP contribution is 2.29.